The van der Waals surface area contributed by atoms with Crippen LogP contribution in [-0.2, 0) is 11.2 Å². The van der Waals surface area contributed by atoms with E-state index in [1.54, 1.807) is 18.3 Å². The van der Waals surface area contributed by atoms with Crippen molar-refractivity contribution in [3.8, 4) is 0 Å². The molecule has 0 aliphatic rings. The van der Waals surface area contributed by atoms with Gasteiger partial charge in [0, 0.05) is 18.3 Å². The number of aromatic amines is 1. The van der Waals surface area contributed by atoms with Crippen molar-refractivity contribution in [2.45, 2.75) is 12.5 Å². The highest BCUT2D eigenvalue weighted by atomic mass is 35.5. The summed E-state index contributed by atoms with van der Waals surface area (Å²) < 4.78 is 0. The van der Waals surface area contributed by atoms with Gasteiger partial charge in [-0.15, -0.1) is 0 Å². The van der Waals surface area contributed by atoms with Crippen LogP contribution >= 0.6 is 11.6 Å². The molecule has 84 valence electrons. The van der Waals surface area contributed by atoms with E-state index in [9.17, 15) is 4.79 Å². The van der Waals surface area contributed by atoms with Gasteiger partial charge in [0.25, 0.3) is 0 Å². The normalized spacial score (nSPS) is 12.9. The van der Waals surface area contributed by atoms with Gasteiger partial charge in [0.2, 0.25) is 0 Å². The van der Waals surface area contributed by atoms with Gasteiger partial charge in [0.1, 0.15) is 6.04 Å². The fourth-order valence-corrected chi connectivity index (χ4v) is 1.63. The maximum absolute atomic E-state index is 10.6. The second-order valence-corrected chi connectivity index (χ2v) is 3.97. The van der Waals surface area contributed by atoms with Crippen LogP contribution in [0.25, 0.3) is 11.0 Å². The number of nitrogens with one attached hydrogen (secondary N) is 1. The molecule has 2 rings (SSSR count). The zero-order valence-corrected chi connectivity index (χ0v) is 9.03. The van der Waals surface area contributed by atoms with Crippen molar-refractivity contribution in [2.75, 3.05) is 0 Å². The summed E-state index contributed by atoms with van der Waals surface area (Å²) in [6.07, 6.45) is 1.78. The van der Waals surface area contributed by atoms with Gasteiger partial charge in [-0.3, -0.25) is 9.78 Å². The standard InChI is InChI=1S/C10H10ClN3O2/c11-5-1-9-8(13-4-5)3-6(14-9)2-7(12)10(15)16/h1,3-4,7,14H,2,12H2,(H,15,16). The van der Waals surface area contributed by atoms with Crippen LogP contribution in [0, 0.1) is 0 Å². The molecule has 2 aromatic heterocycles. The molecule has 0 bridgehead atoms. The van der Waals surface area contributed by atoms with Gasteiger partial charge in [-0.25, -0.2) is 0 Å². The third kappa shape index (κ3) is 2.15. The van der Waals surface area contributed by atoms with Crippen molar-refractivity contribution < 1.29 is 9.90 Å². The molecule has 1 atom stereocenters. The van der Waals surface area contributed by atoms with E-state index in [1.807, 2.05) is 0 Å². The van der Waals surface area contributed by atoms with E-state index >= 15 is 0 Å². The molecule has 4 N–H and O–H groups in total. The molecular formula is C10H10ClN3O2. The number of carbonyl (C=O) groups is 1. The Hall–Kier alpha value is -1.59. The Morgan fingerprint density at radius 3 is 3.06 bits per heavy atom. The minimum absolute atomic E-state index is 0.239. The number of hydrogen-bond donors (Lipinski definition) is 3. The van der Waals surface area contributed by atoms with E-state index in [4.69, 9.17) is 22.4 Å². The third-order valence-electron chi connectivity index (χ3n) is 2.25. The first-order chi connectivity index (χ1) is 7.56. The summed E-state index contributed by atoms with van der Waals surface area (Å²) in [5.74, 6) is -1.02. The Kier molecular flexibility index (Phi) is 2.80. The van der Waals surface area contributed by atoms with Gasteiger partial charge in [0.15, 0.2) is 0 Å². The van der Waals surface area contributed by atoms with Gasteiger partial charge in [-0.2, -0.15) is 0 Å². The van der Waals surface area contributed by atoms with Crippen molar-refractivity contribution in [1.82, 2.24) is 9.97 Å². The third-order valence-corrected chi connectivity index (χ3v) is 2.46. The lowest BCUT2D eigenvalue weighted by atomic mass is 10.2. The number of pyridine rings is 1. The highest BCUT2D eigenvalue weighted by molar-refractivity contribution is 6.31. The van der Waals surface area contributed by atoms with Crippen molar-refractivity contribution in [3.63, 3.8) is 0 Å². The number of fused-ring (bicyclic) bond motifs is 1. The molecule has 0 spiro atoms. The molecule has 0 amide bonds. The van der Waals surface area contributed by atoms with Crippen molar-refractivity contribution in [3.05, 3.63) is 29.0 Å². The molecule has 2 aromatic rings. The molecule has 0 fully saturated rings. The maximum Gasteiger partial charge on any atom is 0.320 e. The molecule has 0 aliphatic heterocycles. The molecule has 6 heteroatoms. The summed E-state index contributed by atoms with van der Waals surface area (Å²) in [4.78, 5) is 17.7. The first-order valence-electron chi connectivity index (χ1n) is 4.68. The van der Waals surface area contributed by atoms with E-state index in [1.165, 1.54) is 0 Å². The fourth-order valence-electron chi connectivity index (χ4n) is 1.47. The number of hydrogen-bond acceptors (Lipinski definition) is 3. The van der Waals surface area contributed by atoms with E-state index in [-0.39, 0.29) is 6.42 Å². The summed E-state index contributed by atoms with van der Waals surface area (Å²) in [5, 5.41) is 9.22. The van der Waals surface area contributed by atoms with Crippen LogP contribution in [0.2, 0.25) is 5.02 Å². The summed E-state index contributed by atoms with van der Waals surface area (Å²) >= 11 is 5.78. The van der Waals surface area contributed by atoms with Gasteiger partial charge >= 0.3 is 5.97 Å². The van der Waals surface area contributed by atoms with E-state index in [0.29, 0.717) is 5.02 Å². The molecule has 0 radical (unpaired) electrons. The Labute approximate surface area is 96.2 Å². The molecule has 16 heavy (non-hydrogen) atoms. The molecule has 5 nitrogen and oxygen atoms in total. The summed E-state index contributed by atoms with van der Waals surface area (Å²) in [7, 11) is 0. The van der Waals surface area contributed by atoms with Crippen LogP contribution in [0.3, 0.4) is 0 Å². The molecule has 2 heterocycles. The van der Waals surface area contributed by atoms with Crippen LogP contribution < -0.4 is 5.73 Å². The van der Waals surface area contributed by atoms with Gasteiger partial charge in [-0.1, -0.05) is 11.6 Å². The predicted molar refractivity (Wildman–Crippen MR) is 60.4 cm³/mol. The van der Waals surface area contributed by atoms with Crippen LogP contribution in [0.15, 0.2) is 18.3 Å². The number of carboxylic acids is 1. The summed E-state index contributed by atoms with van der Waals surface area (Å²) in [6.45, 7) is 0. The highest BCUT2D eigenvalue weighted by Gasteiger charge is 2.13. The lowest BCUT2D eigenvalue weighted by Crippen LogP contribution is -2.32. The van der Waals surface area contributed by atoms with Crippen LogP contribution in [0.1, 0.15) is 5.69 Å². The number of nitrogens with zero attached hydrogens (tertiary/aromatic N) is 1. The Morgan fingerprint density at radius 1 is 1.62 bits per heavy atom. The fraction of sp³-hybridized carbons (Fsp3) is 0.200. The lowest BCUT2D eigenvalue weighted by molar-refractivity contribution is -0.138. The lowest BCUT2D eigenvalue weighted by Gasteiger charge is -2.02. The summed E-state index contributed by atoms with van der Waals surface area (Å²) in [6, 6.07) is 2.59. The predicted octanol–water partition coefficient (Wildman–Crippen LogP) is 1.17. The van der Waals surface area contributed by atoms with E-state index in [2.05, 4.69) is 9.97 Å². The number of H-pyrrole nitrogens is 1. The smallest absolute Gasteiger partial charge is 0.320 e. The first kappa shape index (κ1) is 10.9. The monoisotopic (exact) mass is 239 g/mol. The van der Waals surface area contributed by atoms with Crippen molar-refractivity contribution >= 4 is 28.6 Å². The van der Waals surface area contributed by atoms with E-state index < -0.39 is 12.0 Å². The second-order valence-electron chi connectivity index (χ2n) is 3.53. The van der Waals surface area contributed by atoms with Gasteiger partial charge < -0.3 is 15.8 Å². The van der Waals surface area contributed by atoms with Crippen LogP contribution in [0.5, 0.6) is 0 Å². The van der Waals surface area contributed by atoms with Gasteiger partial charge in [-0.05, 0) is 12.1 Å². The average Bonchev–Trinajstić information content (AvgIpc) is 2.58. The highest BCUT2D eigenvalue weighted by Crippen LogP contribution is 2.17. The molecule has 0 aromatic carbocycles. The number of nitrogens with two attached hydrogens (primary N) is 1. The second kappa shape index (κ2) is 4.11. The SMILES string of the molecule is NC(Cc1cc2ncc(Cl)cc2[nH]1)C(=O)O. The molecule has 0 saturated carbocycles. The number of halogens is 1. The molecule has 0 saturated heterocycles. The molecule has 0 aliphatic carbocycles. The summed E-state index contributed by atoms with van der Waals surface area (Å²) in [5.41, 5.74) is 7.70. The van der Waals surface area contributed by atoms with Crippen LogP contribution in [-0.4, -0.2) is 27.1 Å². The zero-order valence-electron chi connectivity index (χ0n) is 8.27. The van der Waals surface area contributed by atoms with Crippen LogP contribution in [0.4, 0.5) is 0 Å². The maximum atomic E-state index is 10.6. The first-order valence-corrected chi connectivity index (χ1v) is 5.05. The topological polar surface area (TPSA) is 92.0 Å². The molecule has 1 unspecified atom stereocenters. The quantitative estimate of drug-likeness (QED) is 0.750. The number of rotatable bonds is 3. The van der Waals surface area contributed by atoms with Gasteiger partial charge in [0.05, 0.1) is 16.1 Å². The Balaban J connectivity index is 2.29. The number of aliphatic carboxylic acids is 1. The number of carboxylic acid groups (broad SMARTS) is 1. The van der Waals surface area contributed by atoms with Crippen molar-refractivity contribution in [2.24, 2.45) is 5.73 Å². The number of aromatic nitrogens is 2. The van der Waals surface area contributed by atoms with Crippen molar-refractivity contribution in [1.29, 1.82) is 0 Å². The largest absolute Gasteiger partial charge is 0.480 e. The zero-order chi connectivity index (χ0) is 11.7. The minimum Gasteiger partial charge on any atom is -0.480 e. The minimum atomic E-state index is -1.02. The van der Waals surface area contributed by atoms with E-state index in [0.717, 1.165) is 16.7 Å². The average molecular weight is 240 g/mol. The molecular weight excluding hydrogens is 230 g/mol. The Bertz CT molecular complexity index is 538. The Morgan fingerprint density at radius 2 is 2.38 bits per heavy atom.